The van der Waals surface area contributed by atoms with Gasteiger partial charge in [0, 0.05) is 5.56 Å². The molecule has 0 aromatic heterocycles. The van der Waals surface area contributed by atoms with E-state index in [9.17, 15) is 0 Å². The Morgan fingerprint density at radius 1 is 1.17 bits per heavy atom. The van der Waals surface area contributed by atoms with E-state index >= 15 is 0 Å². The molecular formula is C21H29NO. The number of hydrogen-bond acceptors (Lipinski definition) is 2. The number of rotatable bonds is 5. The van der Waals surface area contributed by atoms with E-state index in [1.54, 1.807) is 0 Å². The molecule has 1 fully saturated rings. The molecule has 0 spiro atoms. The maximum Gasteiger partial charge on any atom is 0.216 e. The molecule has 0 saturated heterocycles. The molecule has 2 nitrogen and oxygen atoms in total. The summed E-state index contributed by atoms with van der Waals surface area (Å²) in [6.45, 7) is 9.00. The van der Waals surface area contributed by atoms with Crippen LogP contribution >= 0.6 is 0 Å². The molecule has 124 valence electrons. The number of ether oxygens (including phenoxy) is 1. The largest absolute Gasteiger partial charge is 0.475 e. The zero-order chi connectivity index (χ0) is 16.2. The van der Waals surface area contributed by atoms with Gasteiger partial charge in [0.1, 0.15) is 6.61 Å². The van der Waals surface area contributed by atoms with Crippen LogP contribution in [0, 0.1) is 11.8 Å². The Morgan fingerprint density at radius 2 is 1.87 bits per heavy atom. The second kappa shape index (κ2) is 7.33. The summed E-state index contributed by atoms with van der Waals surface area (Å²) in [6.07, 6.45) is 8.55. The maximum absolute atomic E-state index is 5.78. The summed E-state index contributed by atoms with van der Waals surface area (Å²) < 4.78 is 5.78. The monoisotopic (exact) mass is 311 g/mol. The third-order valence-electron chi connectivity index (χ3n) is 5.42. The summed E-state index contributed by atoms with van der Waals surface area (Å²) in [6, 6.07) is 9.24. The molecular weight excluding hydrogens is 282 g/mol. The average molecular weight is 311 g/mol. The van der Waals surface area contributed by atoms with Crippen LogP contribution in [0.25, 0.3) is 0 Å². The Bertz CT molecular complexity index is 550. The fourth-order valence-corrected chi connectivity index (χ4v) is 3.75. The van der Waals surface area contributed by atoms with Crippen molar-refractivity contribution in [3.63, 3.8) is 0 Å². The molecule has 3 rings (SSSR count). The van der Waals surface area contributed by atoms with Crippen LogP contribution in [0.15, 0.2) is 41.9 Å². The Hall–Kier alpha value is -1.57. The van der Waals surface area contributed by atoms with Gasteiger partial charge in [0.15, 0.2) is 0 Å². The van der Waals surface area contributed by atoms with E-state index in [2.05, 4.69) is 50.8 Å². The lowest BCUT2D eigenvalue weighted by Crippen LogP contribution is -2.13. The summed E-state index contributed by atoms with van der Waals surface area (Å²) in [5, 5.41) is 0. The second-order valence-corrected chi connectivity index (χ2v) is 7.42. The third-order valence-corrected chi connectivity index (χ3v) is 5.42. The van der Waals surface area contributed by atoms with Gasteiger partial charge in [-0.25, -0.2) is 4.99 Å². The van der Waals surface area contributed by atoms with Gasteiger partial charge in [-0.3, -0.25) is 0 Å². The minimum atomic E-state index is 0.310. The zero-order valence-electron chi connectivity index (χ0n) is 14.5. The van der Waals surface area contributed by atoms with Gasteiger partial charge in [-0.2, -0.15) is 0 Å². The molecule has 2 heteroatoms. The van der Waals surface area contributed by atoms with E-state index in [-0.39, 0.29) is 0 Å². The van der Waals surface area contributed by atoms with Gasteiger partial charge in [0.2, 0.25) is 5.90 Å². The van der Waals surface area contributed by atoms with Gasteiger partial charge < -0.3 is 4.74 Å². The molecule has 1 aromatic rings. The first-order chi connectivity index (χ1) is 11.2. The number of hydrogen-bond donors (Lipinski definition) is 0. The molecule has 23 heavy (non-hydrogen) atoms. The highest BCUT2D eigenvalue weighted by Crippen LogP contribution is 2.37. The summed E-state index contributed by atoms with van der Waals surface area (Å²) in [5.74, 6) is 2.94. The summed E-state index contributed by atoms with van der Waals surface area (Å²) in [4.78, 5) is 4.72. The van der Waals surface area contributed by atoms with Crippen molar-refractivity contribution >= 4 is 5.90 Å². The van der Waals surface area contributed by atoms with Crippen LogP contribution in [0.3, 0.4) is 0 Å². The van der Waals surface area contributed by atoms with Crippen molar-refractivity contribution in [3.05, 3.63) is 48.0 Å². The van der Waals surface area contributed by atoms with Crippen molar-refractivity contribution in [3.8, 4) is 0 Å². The van der Waals surface area contributed by atoms with E-state index in [1.807, 2.05) is 0 Å². The zero-order valence-corrected chi connectivity index (χ0v) is 14.5. The lowest BCUT2D eigenvalue weighted by Gasteiger charge is -2.28. The van der Waals surface area contributed by atoms with Crippen molar-refractivity contribution in [2.45, 2.75) is 57.9 Å². The molecule has 1 aliphatic heterocycles. The van der Waals surface area contributed by atoms with Crippen LogP contribution in [0.5, 0.6) is 0 Å². The quantitative estimate of drug-likeness (QED) is 0.673. The van der Waals surface area contributed by atoms with E-state index in [1.165, 1.54) is 37.7 Å². The molecule has 1 aliphatic carbocycles. The van der Waals surface area contributed by atoms with Crippen LogP contribution in [0.4, 0.5) is 0 Å². The predicted molar refractivity (Wildman–Crippen MR) is 97.1 cm³/mol. The van der Waals surface area contributed by atoms with Gasteiger partial charge in [-0.15, -0.1) is 6.58 Å². The van der Waals surface area contributed by atoms with Crippen molar-refractivity contribution in [1.82, 2.24) is 0 Å². The van der Waals surface area contributed by atoms with Gasteiger partial charge in [0.25, 0.3) is 0 Å². The average Bonchev–Trinajstić information content (AvgIpc) is 3.06. The Morgan fingerprint density at radius 3 is 2.43 bits per heavy atom. The minimum absolute atomic E-state index is 0.310. The topological polar surface area (TPSA) is 21.6 Å². The molecule has 1 heterocycles. The highest BCUT2D eigenvalue weighted by molar-refractivity contribution is 5.95. The molecule has 1 aromatic carbocycles. The van der Waals surface area contributed by atoms with Crippen molar-refractivity contribution in [1.29, 1.82) is 0 Å². The highest BCUT2D eigenvalue weighted by atomic mass is 16.5. The Balaban J connectivity index is 1.62. The van der Waals surface area contributed by atoms with Crippen LogP contribution in [-0.2, 0) is 4.74 Å². The minimum Gasteiger partial charge on any atom is -0.475 e. The normalized spacial score (nSPS) is 27.6. The van der Waals surface area contributed by atoms with E-state index in [0.717, 1.165) is 29.9 Å². The maximum atomic E-state index is 5.78. The van der Waals surface area contributed by atoms with Gasteiger partial charge in [-0.1, -0.05) is 32.1 Å². The summed E-state index contributed by atoms with van der Waals surface area (Å²) >= 11 is 0. The van der Waals surface area contributed by atoms with Crippen LogP contribution in [-0.4, -0.2) is 18.5 Å². The molecule has 1 unspecified atom stereocenters. The van der Waals surface area contributed by atoms with Crippen LogP contribution in [0.2, 0.25) is 0 Å². The number of benzene rings is 1. The number of allylic oxidation sites excluding steroid dienone is 1. The second-order valence-electron chi connectivity index (χ2n) is 7.42. The summed E-state index contributed by atoms with van der Waals surface area (Å²) in [7, 11) is 0. The molecule has 0 radical (unpaired) electrons. The fraction of sp³-hybridized carbons (Fsp3) is 0.571. The first kappa shape index (κ1) is 16.3. The fourth-order valence-electron chi connectivity index (χ4n) is 3.75. The smallest absolute Gasteiger partial charge is 0.216 e. The van der Waals surface area contributed by atoms with Gasteiger partial charge in [-0.05, 0) is 67.6 Å². The molecule has 0 bridgehead atoms. The SMILES string of the molecule is C=CCC1CCC(c2ccc(C3=NC(C(C)C)CO3)cc2)CC1. The van der Waals surface area contributed by atoms with Crippen molar-refractivity contribution in [2.24, 2.45) is 16.8 Å². The number of nitrogens with zero attached hydrogens (tertiary/aromatic N) is 1. The molecule has 2 aliphatic rings. The van der Waals surface area contributed by atoms with E-state index in [4.69, 9.17) is 9.73 Å². The first-order valence-corrected chi connectivity index (χ1v) is 9.09. The molecule has 1 saturated carbocycles. The van der Waals surface area contributed by atoms with Gasteiger partial charge in [0.05, 0.1) is 6.04 Å². The third kappa shape index (κ3) is 3.85. The predicted octanol–water partition coefficient (Wildman–Crippen LogP) is 5.34. The number of aliphatic imine (C=N–C) groups is 1. The lowest BCUT2D eigenvalue weighted by molar-refractivity contribution is 0.292. The van der Waals surface area contributed by atoms with Crippen LogP contribution < -0.4 is 0 Å². The van der Waals surface area contributed by atoms with E-state index < -0.39 is 0 Å². The standard InChI is InChI=1S/C21H29NO/c1-4-5-16-6-8-17(9-7-16)18-10-12-19(13-11-18)21-22-20(14-23-21)15(2)3/h4,10-13,15-17,20H,1,5-9,14H2,2-3H3. The first-order valence-electron chi connectivity index (χ1n) is 9.09. The molecule has 0 N–H and O–H groups in total. The van der Waals surface area contributed by atoms with Crippen LogP contribution in [0.1, 0.15) is 63.0 Å². The lowest BCUT2D eigenvalue weighted by atomic mass is 9.77. The van der Waals surface area contributed by atoms with Crippen molar-refractivity contribution in [2.75, 3.05) is 6.61 Å². The van der Waals surface area contributed by atoms with Gasteiger partial charge >= 0.3 is 0 Å². The summed E-state index contributed by atoms with van der Waals surface area (Å²) in [5.41, 5.74) is 2.60. The highest BCUT2D eigenvalue weighted by Gasteiger charge is 2.24. The Kier molecular flexibility index (Phi) is 5.20. The Labute approximate surface area is 140 Å². The molecule has 0 amide bonds. The van der Waals surface area contributed by atoms with E-state index in [0.29, 0.717) is 12.0 Å². The van der Waals surface area contributed by atoms with Crippen molar-refractivity contribution < 1.29 is 4.74 Å². The molecule has 1 atom stereocenters.